The van der Waals surface area contributed by atoms with E-state index in [1.807, 2.05) is 0 Å². The zero-order valence-electron chi connectivity index (χ0n) is 19.6. The fourth-order valence-corrected chi connectivity index (χ4v) is 5.57. The fraction of sp³-hybridized carbons (Fsp3) is 0.143. The van der Waals surface area contributed by atoms with Crippen molar-refractivity contribution >= 4 is 46.4 Å². The maximum absolute atomic E-state index is 13.7. The lowest BCUT2D eigenvalue weighted by Crippen LogP contribution is -2.46. The number of halogens is 5. The van der Waals surface area contributed by atoms with Crippen molar-refractivity contribution in [2.45, 2.75) is 25.2 Å². The molecular weight excluding hydrogens is 558 g/mol. The van der Waals surface area contributed by atoms with Crippen molar-refractivity contribution in [1.82, 2.24) is 4.90 Å². The van der Waals surface area contributed by atoms with E-state index in [4.69, 9.17) is 23.2 Å². The van der Waals surface area contributed by atoms with Crippen molar-refractivity contribution in [2.24, 2.45) is 0 Å². The Labute approximate surface area is 230 Å². The Morgan fingerprint density at radius 2 is 1.61 bits per heavy atom. The smallest absolute Gasteiger partial charge is 0.417 e. The van der Waals surface area contributed by atoms with Crippen molar-refractivity contribution in [1.29, 1.82) is 0 Å². The van der Waals surface area contributed by atoms with Gasteiger partial charge in [0.2, 0.25) is 0 Å². The van der Waals surface area contributed by atoms with Gasteiger partial charge in [-0.15, -0.1) is 11.3 Å². The van der Waals surface area contributed by atoms with E-state index in [1.165, 1.54) is 47.4 Å². The van der Waals surface area contributed by atoms with Gasteiger partial charge in [0.25, 0.3) is 5.91 Å². The molecule has 1 atom stereocenters. The first kappa shape index (κ1) is 27.7. The van der Waals surface area contributed by atoms with Crippen LogP contribution in [0.3, 0.4) is 0 Å². The van der Waals surface area contributed by atoms with Crippen molar-refractivity contribution in [3.63, 3.8) is 0 Å². The Morgan fingerprint density at radius 1 is 0.921 bits per heavy atom. The quantitative estimate of drug-likeness (QED) is 0.230. The van der Waals surface area contributed by atoms with Gasteiger partial charge in [-0.05, 0) is 42.0 Å². The zero-order chi connectivity index (χ0) is 27.4. The second-order valence-corrected chi connectivity index (χ2v) is 10.4. The summed E-state index contributed by atoms with van der Waals surface area (Å²) in [5, 5.41) is 10.5. The monoisotopic (exact) mass is 577 g/mol. The van der Waals surface area contributed by atoms with Gasteiger partial charge >= 0.3 is 12.1 Å². The lowest BCUT2D eigenvalue weighted by molar-refractivity contribution is -0.142. The maximum Gasteiger partial charge on any atom is 0.417 e. The molecule has 4 rings (SSSR count). The highest BCUT2D eigenvalue weighted by Crippen LogP contribution is 2.40. The summed E-state index contributed by atoms with van der Waals surface area (Å²) in [7, 11) is 0. The van der Waals surface area contributed by atoms with Crippen molar-refractivity contribution in [3.05, 3.63) is 117 Å². The predicted octanol–water partition coefficient (Wildman–Crippen LogP) is 8.08. The topological polar surface area (TPSA) is 57.6 Å². The Balaban J connectivity index is 1.73. The van der Waals surface area contributed by atoms with Crippen LogP contribution in [0, 0.1) is 0 Å². The summed E-state index contributed by atoms with van der Waals surface area (Å²) in [6, 6.07) is 20.2. The van der Waals surface area contributed by atoms with E-state index in [-0.39, 0.29) is 29.1 Å². The summed E-state index contributed by atoms with van der Waals surface area (Å²) >= 11 is 13.3. The molecule has 1 N–H and O–H groups in total. The minimum Gasteiger partial charge on any atom is -0.480 e. The van der Waals surface area contributed by atoms with Gasteiger partial charge in [-0.25, -0.2) is 4.79 Å². The van der Waals surface area contributed by atoms with Crippen LogP contribution in [0.1, 0.15) is 26.4 Å². The molecule has 1 heterocycles. The lowest BCUT2D eigenvalue weighted by atomic mass is 10.0. The van der Waals surface area contributed by atoms with Gasteiger partial charge in [-0.2, -0.15) is 13.2 Å². The second kappa shape index (κ2) is 11.6. The van der Waals surface area contributed by atoms with Gasteiger partial charge in [-0.1, -0.05) is 71.7 Å². The lowest BCUT2D eigenvalue weighted by Gasteiger charge is -2.29. The molecule has 0 aliphatic heterocycles. The fourth-order valence-electron chi connectivity index (χ4n) is 4.03. The number of carboxylic acid groups (broad SMARTS) is 1. The molecule has 38 heavy (non-hydrogen) atoms. The van der Waals surface area contributed by atoms with E-state index in [1.54, 1.807) is 36.4 Å². The number of hydrogen-bond acceptors (Lipinski definition) is 3. The molecule has 0 fully saturated rings. The van der Waals surface area contributed by atoms with Crippen LogP contribution in [0.25, 0.3) is 10.4 Å². The third-order valence-electron chi connectivity index (χ3n) is 5.84. The molecule has 0 aliphatic carbocycles. The average Bonchev–Trinajstić information content (AvgIpc) is 3.34. The number of carboxylic acids is 1. The number of nitrogens with zero attached hydrogens (tertiary/aromatic N) is 1. The van der Waals surface area contributed by atoms with E-state index < -0.39 is 29.7 Å². The summed E-state index contributed by atoms with van der Waals surface area (Å²) in [5.41, 5.74) is -0.00355. The standard InChI is InChI=1S/C28H20Cl2F3NO3S/c29-18-10-12-21(23(30)15-18)26(35)34(24(27(36)37)14-17-6-2-1-3-7-17)16-19-11-13-25(38-19)20-8-4-5-9-22(20)28(31,32)33/h1-13,15,24H,14,16H2,(H,36,37)/t24-/m0/s1. The van der Waals surface area contributed by atoms with Gasteiger partial charge < -0.3 is 10.0 Å². The Bertz CT molecular complexity index is 1460. The molecular formula is C28H20Cl2F3NO3S. The zero-order valence-corrected chi connectivity index (χ0v) is 21.9. The molecule has 0 saturated carbocycles. The molecule has 3 aromatic carbocycles. The Kier molecular flexibility index (Phi) is 8.45. The molecule has 1 aromatic heterocycles. The van der Waals surface area contributed by atoms with Crippen molar-refractivity contribution in [3.8, 4) is 10.4 Å². The van der Waals surface area contributed by atoms with E-state index in [9.17, 15) is 27.9 Å². The second-order valence-electron chi connectivity index (χ2n) is 8.41. The van der Waals surface area contributed by atoms with Crippen LogP contribution >= 0.6 is 34.5 Å². The summed E-state index contributed by atoms with van der Waals surface area (Å²) in [6.45, 7) is -0.152. The minimum absolute atomic E-state index is 0.00828. The Morgan fingerprint density at radius 3 is 2.26 bits per heavy atom. The maximum atomic E-state index is 13.7. The number of aliphatic carboxylic acids is 1. The number of carbonyl (C=O) groups excluding carboxylic acids is 1. The molecule has 0 unspecified atom stereocenters. The highest BCUT2D eigenvalue weighted by Gasteiger charge is 2.35. The number of thiophene rings is 1. The van der Waals surface area contributed by atoms with E-state index in [0.717, 1.165) is 17.4 Å². The van der Waals surface area contributed by atoms with Gasteiger partial charge in [0.15, 0.2) is 0 Å². The normalized spacial score (nSPS) is 12.2. The average molecular weight is 578 g/mol. The number of amides is 1. The first-order valence-electron chi connectivity index (χ1n) is 11.3. The van der Waals surface area contributed by atoms with Crippen LogP contribution < -0.4 is 0 Å². The number of carbonyl (C=O) groups is 2. The minimum atomic E-state index is -4.54. The van der Waals surface area contributed by atoms with Crippen LogP contribution in [-0.4, -0.2) is 27.9 Å². The first-order valence-corrected chi connectivity index (χ1v) is 12.9. The molecule has 0 aliphatic rings. The van der Waals surface area contributed by atoms with Gasteiger partial charge in [0.05, 0.1) is 22.7 Å². The molecule has 0 spiro atoms. The predicted molar refractivity (Wildman–Crippen MR) is 143 cm³/mol. The number of hydrogen-bond donors (Lipinski definition) is 1. The third kappa shape index (κ3) is 6.38. The van der Waals surface area contributed by atoms with Gasteiger partial charge in [-0.3, -0.25) is 4.79 Å². The van der Waals surface area contributed by atoms with Crippen molar-refractivity contribution < 1.29 is 27.9 Å². The van der Waals surface area contributed by atoms with Crippen LogP contribution in [0.5, 0.6) is 0 Å². The molecule has 10 heteroatoms. The summed E-state index contributed by atoms with van der Waals surface area (Å²) in [5.74, 6) is -1.87. The van der Waals surface area contributed by atoms with Crippen LogP contribution in [0.2, 0.25) is 10.0 Å². The van der Waals surface area contributed by atoms with Gasteiger partial charge in [0, 0.05) is 26.8 Å². The molecule has 196 valence electrons. The number of benzene rings is 3. The van der Waals surface area contributed by atoms with E-state index in [2.05, 4.69) is 0 Å². The number of alkyl halides is 3. The number of rotatable bonds is 8. The van der Waals surface area contributed by atoms with Crippen LogP contribution in [0.4, 0.5) is 13.2 Å². The largest absolute Gasteiger partial charge is 0.480 e. The first-order chi connectivity index (χ1) is 18.0. The van der Waals surface area contributed by atoms with Crippen molar-refractivity contribution in [2.75, 3.05) is 0 Å². The molecule has 0 saturated heterocycles. The SMILES string of the molecule is O=C(O)[C@H](Cc1ccccc1)N(Cc1ccc(-c2ccccc2C(F)(F)F)s1)C(=O)c1ccc(Cl)cc1Cl. The summed E-state index contributed by atoms with van der Waals surface area (Å²) in [4.78, 5) is 28.1. The highest BCUT2D eigenvalue weighted by atomic mass is 35.5. The van der Waals surface area contributed by atoms with E-state index in [0.29, 0.717) is 20.3 Å². The Hall–Kier alpha value is -3.33. The summed E-state index contributed by atoms with van der Waals surface area (Å²) in [6.07, 6.45) is -4.53. The van der Waals surface area contributed by atoms with Gasteiger partial charge in [0.1, 0.15) is 6.04 Å². The molecule has 0 bridgehead atoms. The third-order valence-corrected chi connectivity index (χ3v) is 7.49. The van der Waals surface area contributed by atoms with Crippen LogP contribution in [-0.2, 0) is 23.9 Å². The van der Waals surface area contributed by atoms with E-state index >= 15 is 0 Å². The molecule has 4 aromatic rings. The van der Waals surface area contributed by atoms with Crippen LogP contribution in [0.15, 0.2) is 84.9 Å². The summed E-state index contributed by atoms with van der Waals surface area (Å²) < 4.78 is 40.7. The highest BCUT2D eigenvalue weighted by molar-refractivity contribution is 7.15. The molecule has 1 amide bonds. The molecule has 0 radical (unpaired) electrons. The molecule has 4 nitrogen and oxygen atoms in total.